The van der Waals surface area contributed by atoms with E-state index < -0.39 is 0 Å². The molecule has 0 heterocycles. The summed E-state index contributed by atoms with van der Waals surface area (Å²) in [5.41, 5.74) is 0. The van der Waals surface area contributed by atoms with Crippen molar-refractivity contribution in [2.45, 2.75) is 32.2 Å². The molecule has 0 bridgehead atoms. The van der Waals surface area contributed by atoms with Crippen molar-refractivity contribution in [3.63, 3.8) is 0 Å². The molecule has 3 heteroatoms. The van der Waals surface area contributed by atoms with Gasteiger partial charge in [-0.2, -0.15) is 0 Å². The van der Waals surface area contributed by atoms with E-state index in [-0.39, 0.29) is 18.6 Å². The highest BCUT2D eigenvalue weighted by Crippen LogP contribution is 1.95. The van der Waals surface area contributed by atoms with E-state index in [4.69, 9.17) is 5.11 Å². The third kappa shape index (κ3) is 5.92. The van der Waals surface area contributed by atoms with Crippen molar-refractivity contribution in [1.82, 2.24) is 5.32 Å². The third-order valence-corrected chi connectivity index (χ3v) is 1.53. The smallest absolute Gasteiger partial charge is 0.223 e. The van der Waals surface area contributed by atoms with Crippen molar-refractivity contribution >= 4 is 5.91 Å². The second kappa shape index (κ2) is 6.85. The van der Waals surface area contributed by atoms with E-state index >= 15 is 0 Å². The van der Waals surface area contributed by atoms with Crippen LogP contribution in [-0.2, 0) is 4.79 Å². The van der Waals surface area contributed by atoms with Crippen molar-refractivity contribution in [2.24, 2.45) is 0 Å². The maximum Gasteiger partial charge on any atom is 0.223 e. The number of nitrogens with one attached hydrogen (secondary N) is 1. The standard InChI is InChI=1S/C9H17NO2/c1-3-5-9(12)10-8(2)6-4-7-11/h3,8,11H,1,4-7H2,2H3,(H,10,12). The van der Waals surface area contributed by atoms with Gasteiger partial charge in [0, 0.05) is 19.1 Å². The van der Waals surface area contributed by atoms with Crippen LogP contribution >= 0.6 is 0 Å². The Hall–Kier alpha value is -0.830. The Balaban J connectivity index is 3.46. The zero-order chi connectivity index (χ0) is 9.40. The average molecular weight is 171 g/mol. The van der Waals surface area contributed by atoms with Crippen molar-refractivity contribution in [3.8, 4) is 0 Å². The molecular weight excluding hydrogens is 154 g/mol. The summed E-state index contributed by atoms with van der Waals surface area (Å²) >= 11 is 0. The summed E-state index contributed by atoms with van der Waals surface area (Å²) in [6, 6.07) is 0.143. The summed E-state index contributed by atoms with van der Waals surface area (Å²) in [6.45, 7) is 5.58. The van der Waals surface area contributed by atoms with Crippen LogP contribution in [0.2, 0.25) is 0 Å². The highest BCUT2D eigenvalue weighted by Gasteiger charge is 2.04. The number of carbonyl (C=O) groups excluding carboxylic acids is 1. The first-order chi connectivity index (χ1) is 5.70. The van der Waals surface area contributed by atoms with Crippen LogP contribution in [0.5, 0.6) is 0 Å². The molecule has 0 saturated carbocycles. The minimum absolute atomic E-state index is 0.00422. The minimum atomic E-state index is -0.00422. The van der Waals surface area contributed by atoms with Gasteiger partial charge in [0.15, 0.2) is 0 Å². The zero-order valence-electron chi connectivity index (χ0n) is 7.55. The lowest BCUT2D eigenvalue weighted by molar-refractivity contribution is -0.120. The van der Waals surface area contributed by atoms with E-state index in [1.54, 1.807) is 6.08 Å². The van der Waals surface area contributed by atoms with Crippen LogP contribution in [0.4, 0.5) is 0 Å². The van der Waals surface area contributed by atoms with Gasteiger partial charge in [-0.3, -0.25) is 4.79 Å². The average Bonchev–Trinajstić information content (AvgIpc) is 2.01. The fourth-order valence-corrected chi connectivity index (χ4v) is 0.934. The number of amides is 1. The lowest BCUT2D eigenvalue weighted by atomic mass is 10.2. The molecule has 0 saturated heterocycles. The zero-order valence-corrected chi connectivity index (χ0v) is 7.55. The molecule has 1 atom stereocenters. The van der Waals surface area contributed by atoms with Gasteiger partial charge in [0.05, 0.1) is 0 Å². The maximum atomic E-state index is 11.0. The van der Waals surface area contributed by atoms with E-state index in [0.717, 1.165) is 12.8 Å². The van der Waals surface area contributed by atoms with Gasteiger partial charge in [-0.25, -0.2) is 0 Å². The molecule has 12 heavy (non-hydrogen) atoms. The van der Waals surface area contributed by atoms with Crippen molar-refractivity contribution in [1.29, 1.82) is 0 Å². The first-order valence-corrected chi connectivity index (χ1v) is 4.21. The first-order valence-electron chi connectivity index (χ1n) is 4.21. The molecule has 0 aliphatic rings. The Morgan fingerprint density at radius 3 is 2.92 bits per heavy atom. The lowest BCUT2D eigenvalue weighted by Gasteiger charge is -2.11. The van der Waals surface area contributed by atoms with Gasteiger partial charge in [0.25, 0.3) is 0 Å². The molecular formula is C9H17NO2. The van der Waals surface area contributed by atoms with Crippen LogP contribution in [0.25, 0.3) is 0 Å². The molecule has 1 unspecified atom stereocenters. The predicted molar refractivity (Wildman–Crippen MR) is 48.7 cm³/mol. The molecule has 3 nitrogen and oxygen atoms in total. The molecule has 0 aliphatic carbocycles. The van der Waals surface area contributed by atoms with Gasteiger partial charge >= 0.3 is 0 Å². The molecule has 70 valence electrons. The molecule has 0 fully saturated rings. The molecule has 0 radical (unpaired) electrons. The van der Waals surface area contributed by atoms with E-state index in [2.05, 4.69) is 11.9 Å². The summed E-state index contributed by atoms with van der Waals surface area (Å²) in [5.74, 6) is -0.00422. The topological polar surface area (TPSA) is 49.3 Å². The van der Waals surface area contributed by atoms with Crippen LogP contribution in [-0.4, -0.2) is 23.7 Å². The molecule has 0 spiro atoms. The van der Waals surface area contributed by atoms with Crippen molar-refractivity contribution in [2.75, 3.05) is 6.61 Å². The third-order valence-electron chi connectivity index (χ3n) is 1.53. The van der Waals surface area contributed by atoms with Crippen LogP contribution < -0.4 is 5.32 Å². The fraction of sp³-hybridized carbons (Fsp3) is 0.667. The first kappa shape index (κ1) is 11.2. The van der Waals surface area contributed by atoms with E-state index in [1.807, 2.05) is 6.92 Å². The number of aliphatic hydroxyl groups is 1. The van der Waals surface area contributed by atoms with Gasteiger partial charge < -0.3 is 10.4 Å². The summed E-state index contributed by atoms with van der Waals surface area (Å²) in [7, 11) is 0. The van der Waals surface area contributed by atoms with Gasteiger partial charge in [-0.1, -0.05) is 6.08 Å². The van der Waals surface area contributed by atoms with Crippen LogP contribution in [0.15, 0.2) is 12.7 Å². The summed E-state index contributed by atoms with van der Waals surface area (Å²) < 4.78 is 0. The summed E-state index contributed by atoms with van der Waals surface area (Å²) in [5, 5.41) is 11.3. The molecule has 0 aromatic rings. The van der Waals surface area contributed by atoms with Crippen LogP contribution in [0.1, 0.15) is 26.2 Å². The Kier molecular flexibility index (Phi) is 6.38. The van der Waals surface area contributed by atoms with Crippen molar-refractivity contribution in [3.05, 3.63) is 12.7 Å². The maximum absolute atomic E-state index is 11.0. The number of carbonyl (C=O) groups is 1. The van der Waals surface area contributed by atoms with Crippen molar-refractivity contribution < 1.29 is 9.90 Å². The Morgan fingerprint density at radius 2 is 2.42 bits per heavy atom. The summed E-state index contributed by atoms with van der Waals surface area (Å²) in [4.78, 5) is 11.0. The second-order valence-electron chi connectivity index (χ2n) is 2.83. The quantitative estimate of drug-likeness (QED) is 0.582. The highest BCUT2D eigenvalue weighted by molar-refractivity contribution is 5.77. The largest absolute Gasteiger partial charge is 0.396 e. The lowest BCUT2D eigenvalue weighted by Crippen LogP contribution is -2.32. The van der Waals surface area contributed by atoms with Gasteiger partial charge in [-0.05, 0) is 19.8 Å². The fourth-order valence-electron chi connectivity index (χ4n) is 0.934. The normalized spacial score (nSPS) is 12.2. The molecule has 0 aromatic heterocycles. The Bertz CT molecular complexity index is 145. The molecule has 2 N–H and O–H groups in total. The second-order valence-corrected chi connectivity index (χ2v) is 2.83. The molecule has 1 amide bonds. The predicted octanol–water partition coefficient (Wildman–Crippen LogP) is 0.840. The number of hydrogen-bond donors (Lipinski definition) is 2. The van der Waals surface area contributed by atoms with Gasteiger partial charge in [0.2, 0.25) is 5.91 Å². The van der Waals surface area contributed by atoms with E-state index in [0.29, 0.717) is 6.42 Å². The Labute approximate surface area is 73.5 Å². The number of aliphatic hydroxyl groups excluding tert-OH is 1. The highest BCUT2D eigenvalue weighted by atomic mass is 16.2. The van der Waals surface area contributed by atoms with Crippen LogP contribution in [0, 0.1) is 0 Å². The van der Waals surface area contributed by atoms with Gasteiger partial charge in [-0.15, -0.1) is 6.58 Å². The Morgan fingerprint density at radius 1 is 1.75 bits per heavy atom. The summed E-state index contributed by atoms with van der Waals surface area (Å²) in [6.07, 6.45) is 3.49. The molecule has 0 aromatic carbocycles. The molecule has 0 rings (SSSR count). The molecule has 0 aliphatic heterocycles. The minimum Gasteiger partial charge on any atom is -0.396 e. The number of rotatable bonds is 6. The van der Waals surface area contributed by atoms with E-state index in [9.17, 15) is 4.79 Å². The van der Waals surface area contributed by atoms with E-state index in [1.165, 1.54) is 0 Å². The van der Waals surface area contributed by atoms with Crippen LogP contribution in [0.3, 0.4) is 0 Å². The monoisotopic (exact) mass is 171 g/mol. The van der Waals surface area contributed by atoms with Gasteiger partial charge in [0.1, 0.15) is 0 Å². The number of hydrogen-bond acceptors (Lipinski definition) is 2. The SMILES string of the molecule is C=CCC(=O)NC(C)CCCO.